The highest BCUT2D eigenvalue weighted by Crippen LogP contribution is 2.11. The molecule has 0 saturated carbocycles. The quantitative estimate of drug-likeness (QED) is 0.634. The second-order valence-corrected chi connectivity index (χ2v) is 5.17. The summed E-state index contributed by atoms with van der Waals surface area (Å²) in [5.74, 6) is 0.225. The van der Waals surface area contributed by atoms with E-state index in [1.807, 2.05) is 0 Å². The second-order valence-electron chi connectivity index (χ2n) is 5.17. The normalized spacial score (nSPS) is 22.0. The van der Waals surface area contributed by atoms with Crippen molar-refractivity contribution in [1.29, 1.82) is 0 Å². The molecule has 1 aliphatic rings. The van der Waals surface area contributed by atoms with Crippen molar-refractivity contribution in [3.63, 3.8) is 0 Å². The largest absolute Gasteiger partial charge is 0.466 e. The summed E-state index contributed by atoms with van der Waals surface area (Å²) >= 11 is 0. The Morgan fingerprint density at radius 3 is 1.74 bits per heavy atom. The van der Waals surface area contributed by atoms with Gasteiger partial charge in [-0.2, -0.15) is 0 Å². The maximum atomic E-state index is 11.5. The lowest BCUT2D eigenvalue weighted by molar-refractivity contribution is -0.144. The minimum Gasteiger partial charge on any atom is -0.466 e. The third kappa shape index (κ3) is 8.51. The fourth-order valence-corrected chi connectivity index (χ4v) is 2.21. The van der Waals surface area contributed by atoms with Gasteiger partial charge in [0, 0.05) is 32.1 Å². The molecule has 1 heterocycles. The third-order valence-corrected chi connectivity index (χ3v) is 3.36. The van der Waals surface area contributed by atoms with Crippen molar-refractivity contribution in [3.8, 4) is 0 Å². The molecule has 19 heavy (non-hydrogen) atoms. The standard InChI is InChI=1S/C15H24O4/c16-13-7-3-1-2-4-8-14(17)10-6-12-19-15(18)11-5-9-13/h1-12H2. The van der Waals surface area contributed by atoms with Gasteiger partial charge in [-0.15, -0.1) is 0 Å². The molecule has 1 aliphatic heterocycles. The van der Waals surface area contributed by atoms with Crippen molar-refractivity contribution in [3.05, 3.63) is 0 Å². The predicted molar refractivity (Wildman–Crippen MR) is 71.8 cm³/mol. The first-order valence-electron chi connectivity index (χ1n) is 7.37. The Bertz CT molecular complexity index is 309. The number of hydrogen-bond donors (Lipinski definition) is 0. The maximum Gasteiger partial charge on any atom is 0.305 e. The van der Waals surface area contributed by atoms with E-state index >= 15 is 0 Å². The summed E-state index contributed by atoms with van der Waals surface area (Å²) in [6.07, 6.45) is 7.55. The molecule has 0 aromatic rings. The number of carbonyl (C=O) groups is 3. The summed E-state index contributed by atoms with van der Waals surface area (Å²) in [4.78, 5) is 34.4. The Labute approximate surface area is 114 Å². The zero-order chi connectivity index (χ0) is 13.9. The lowest BCUT2D eigenvalue weighted by atomic mass is 10.0. The summed E-state index contributed by atoms with van der Waals surface area (Å²) in [7, 11) is 0. The molecule has 0 aromatic carbocycles. The van der Waals surface area contributed by atoms with Crippen LogP contribution in [0.1, 0.15) is 70.6 Å². The van der Waals surface area contributed by atoms with Crippen LogP contribution in [0.15, 0.2) is 0 Å². The minimum absolute atomic E-state index is 0.232. The van der Waals surface area contributed by atoms with Crippen molar-refractivity contribution >= 4 is 17.5 Å². The van der Waals surface area contributed by atoms with Gasteiger partial charge in [-0.1, -0.05) is 12.8 Å². The fourth-order valence-electron chi connectivity index (χ4n) is 2.21. The highest BCUT2D eigenvalue weighted by molar-refractivity contribution is 5.79. The van der Waals surface area contributed by atoms with E-state index in [1.54, 1.807) is 0 Å². The second kappa shape index (κ2) is 9.70. The molecule has 0 atom stereocenters. The average Bonchev–Trinajstić information content (AvgIpc) is 2.37. The molecule has 0 aliphatic carbocycles. The molecule has 4 heteroatoms. The van der Waals surface area contributed by atoms with E-state index in [4.69, 9.17) is 4.74 Å². The third-order valence-electron chi connectivity index (χ3n) is 3.36. The number of esters is 1. The van der Waals surface area contributed by atoms with E-state index in [0.29, 0.717) is 51.6 Å². The van der Waals surface area contributed by atoms with E-state index in [9.17, 15) is 14.4 Å². The van der Waals surface area contributed by atoms with Crippen LogP contribution >= 0.6 is 0 Å². The van der Waals surface area contributed by atoms with Gasteiger partial charge in [0.1, 0.15) is 11.6 Å². The zero-order valence-electron chi connectivity index (χ0n) is 11.6. The predicted octanol–water partition coefficient (Wildman–Crippen LogP) is 2.97. The van der Waals surface area contributed by atoms with Crippen LogP contribution < -0.4 is 0 Å². The van der Waals surface area contributed by atoms with Crippen LogP contribution in [-0.2, 0) is 19.1 Å². The first kappa shape index (κ1) is 15.9. The first-order valence-corrected chi connectivity index (χ1v) is 7.37. The summed E-state index contributed by atoms with van der Waals surface area (Å²) in [5, 5.41) is 0. The van der Waals surface area contributed by atoms with E-state index in [1.165, 1.54) is 0 Å². The van der Waals surface area contributed by atoms with Gasteiger partial charge in [0.25, 0.3) is 0 Å². The Balaban J connectivity index is 2.32. The van der Waals surface area contributed by atoms with Gasteiger partial charge < -0.3 is 4.74 Å². The van der Waals surface area contributed by atoms with Crippen LogP contribution in [0.2, 0.25) is 0 Å². The molecule has 0 spiro atoms. The number of hydrogen-bond acceptors (Lipinski definition) is 4. The molecule has 0 aromatic heterocycles. The first-order chi connectivity index (χ1) is 9.18. The number of ether oxygens (including phenoxy) is 1. The van der Waals surface area contributed by atoms with Crippen LogP contribution in [0.4, 0.5) is 0 Å². The van der Waals surface area contributed by atoms with Crippen molar-refractivity contribution < 1.29 is 19.1 Å². The van der Waals surface area contributed by atoms with Gasteiger partial charge in [0.05, 0.1) is 6.61 Å². The molecule has 1 rings (SSSR count). The smallest absolute Gasteiger partial charge is 0.305 e. The molecule has 1 saturated heterocycles. The Morgan fingerprint density at radius 1 is 0.579 bits per heavy atom. The van der Waals surface area contributed by atoms with Crippen LogP contribution in [0, 0.1) is 0 Å². The molecule has 108 valence electrons. The minimum atomic E-state index is -0.257. The van der Waals surface area contributed by atoms with Gasteiger partial charge in [-0.3, -0.25) is 14.4 Å². The van der Waals surface area contributed by atoms with Gasteiger partial charge in [0.2, 0.25) is 0 Å². The van der Waals surface area contributed by atoms with Crippen LogP contribution in [0.25, 0.3) is 0 Å². The molecule has 0 N–H and O–H groups in total. The zero-order valence-corrected chi connectivity index (χ0v) is 11.6. The van der Waals surface area contributed by atoms with Gasteiger partial charge in [0.15, 0.2) is 0 Å². The van der Waals surface area contributed by atoms with Crippen LogP contribution in [0.3, 0.4) is 0 Å². The van der Waals surface area contributed by atoms with Gasteiger partial charge >= 0.3 is 5.97 Å². The SMILES string of the molecule is O=C1CCCCCCC(=O)CCCC(=O)OCCC1. The molecule has 4 nitrogen and oxygen atoms in total. The highest BCUT2D eigenvalue weighted by Gasteiger charge is 2.08. The van der Waals surface area contributed by atoms with Crippen LogP contribution in [0.5, 0.6) is 0 Å². The van der Waals surface area contributed by atoms with Gasteiger partial charge in [-0.25, -0.2) is 0 Å². The molecule has 0 amide bonds. The summed E-state index contributed by atoms with van der Waals surface area (Å²) in [5.41, 5.74) is 0. The monoisotopic (exact) mass is 268 g/mol. The average molecular weight is 268 g/mol. The fraction of sp³-hybridized carbons (Fsp3) is 0.800. The van der Waals surface area contributed by atoms with Crippen molar-refractivity contribution in [2.75, 3.05) is 6.61 Å². The number of cyclic esters (lactones) is 1. The lowest BCUT2D eigenvalue weighted by Gasteiger charge is -2.06. The van der Waals surface area contributed by atoms with Crippen LogP contribution in [-0.4, -0.2) is 24.1 Å². The number of ketones is 2. The van der Waals surface area contributed by atoms with Crippen molar-refractivity contribution in [1.82, 2.24) is 0 Å². The summed E-state index contributed by atoms with van der Waals surface area (Å²) in [6, 6.07) is 0. The van der Waals surface area contributed by atoms with Gasteiger partial charge in [-0.05, 0) is 25.7 Å². The number of rotatable bonds is 0. The molecule has 0 unspecified atom stereocenters. The van der Waals surface area contributed by atoms with E-state index in [-0.39, 0.29) is 17.5 Å². The lowest BCUT2D eigenvalue weighted by Crippen LogP contribution is -2.09. The maximum absolute atomic E-state index is 11.5. The topological polar surface area (TPSA) is 60.4 Å². The molecular formula is C15H24O4. The van der Waals surface area contributed by atoms with E-state index in [2.05, 4.69) is 0 Å². The summed E-state index contributed by atoms with van der Waals surface area (Å²) < 4.78 is 5.02. The van der Waals surface area contributed by atoms with Crippen molar-refractivity contribution in [2.24, 2.45) is 0 Å². The number of Topliss-reactive ketones (excluding diaryl/α,β-unsaturated/α-hetero) is 2. The molecule has 0 radical (unpaired) electrons. The number of carbonyl (C=O) groups excluding carboxylic acids is 3. The molecule has 0 bridgehead atoms. The highest BCUT2D eigenvalue weighted by atomic mass is 16.5. The molecule has 1 fully saturated rings. The van der Waals surface area contributed by atoms with Crippen molar-refractivity contribution in [2.45, 2.75) is 70.6 Å². The molecular weight excluding hydrogens is 244 g/mol. The van der Waals surface area contributed by atoms with E-state index in [0.717, 1.165) is 25.7 Å². The Morgan fingerprint density at radius 2 is 1.11 bits per heavy atom. The Kier molecular flexibility index (Phi) is 8.10. The van der Waals surface area contributed by atoms with E-state index < -0.39 is 0 Å². The summed E-state index contributed by atoms with van der Waals surface area (Å²) in [6.45, 7) is 0.318. The Hall–Kier alpha value is -1.19.